The maximum atomic E-state index is 10.5. The molecule has 0 aromatic carbocycles. The van der Waals surface area contributed by atoms with Crippen molar-refractivity contribution >= 4 is 24.5 Å². The van der Waals surface area contributed by atoms with Gasteiger partial charge in [-0.15, -0.1) is 6.58 Å². The number of carbonyl (C=O) groups excluding carboxylic acids is 1. The van der Waals surface area contributed by atoms with Gasteiger partial charge in [-0.3, -0.25) is 9.59 Å². The predicted molar refractivity (Wildman–Crippen MR) is 47.9 cm³/mol. The Balaban J connectivity index is 4.32. The number of carboxylic acid groups (broad SMARTS) is 1. The number of amides is 1. The van der Waals surface area contributed by atoms with Crippen LogP contribution >= 0.6 is 12.6 Å². The molecule has 0 heterocycles. The van der Waals surface area contributed by atoms with E-state index in [0.717, 1.165) is 0 Å². The molecule has 0 saturated carbocycles. The molecule has 12 heavy (non-hydrogen) atoms. The minimum atomic E-state index is -1.09. The van der Waals surface area contributed by atoms with E-state index in [-0.39, 0.29) is 6.42 Å². The summed E-state index contributed by atoms with van der Waals surface area (Å²) < 4.78 is 0. The van der Waals surface area contributed by atoms with Crippen LogP contribution in [0.5, 0.6) is 0 Å². The molecule has 4 nitrogen and oxygen atoms in total. The quantitative estimate of drug-likeness (QED) is 0.422. The van der Waals surface area contributed by atoms with Crippen LogP contribution < -0.4 is 5.73 Å². The molecule has 2 atom stereocenters. The molecule has 0 aromatic rings. The zero-order valence-electron chi connectivity index (χ0n) is 6.43. The molecule has 0 aliphatic rings. The van der Waals surface area contributed by atoms with E-state index in [2.05, 4.69) is 19.2 Å². The molecule has 0 saturated heterocycles. The summed E-state index contributed by atoms with van der Waals surface area (Å²) in [6, 6.07) is 0. The molecular formula is C7H11NO3S. The van der Waals surface area contributed by atoms with Gasteiger partial charge in [0.15, 0.2) is 0 Å². The molecule has 0 radical (unpaired) electrons. The summed E-state index contributed by atoms with van der Waals surface area (Å²) >= 11 is 3.93. The fourth-order valence-corrected chi connectivity index (χ4v) is 0.968. The maximum absolute atomic E-state index is 10.5. The number of carbonyl (C=O) groups is 2. The SMILES string of the molecule is C=CC(S)C(CC(N)=O)C(=O)O. The smallest absolute Gasteiger partial charge is 0.308 e. The molecular weight excluding hydrogens is 178 g/mol. The van der Waals surface area contributed by atoms with Gasteiger partial charge in [0.2, 0.25) is 5.91 Å². The van der Waals surface area contributed by atoms with Gasteiger partial charge in [0, 0.05) is 11.7 Å². The van der Waals surface area contributed by atoms with Gasteiger partial charge >= 0.3 is 5.97 Å². The second-order valence-electron chi connectivity index (χ2n) is 2.34. The number of rotatable bonds is 5. The van der Waals surface area contributed by atoms with E-state index in [1.54, 1.807) is 0 Å². The lowest BCUT2D eigenvalue weighted by Gasteiger charge is -2.13. The van der Waals surface area contributed by atoms with Crippen LogP contribution in [0.3, 0.4) is 0 Å². The van der Waals surface area contributed by atoms with Crippen molar-refractivity contribution in [1.82, 2.24) is 0 Å². The molecule has 0 aliphatic carbocycles. The van der Waals surface area contributed by atoms with E-state index in [9.17, 15) is 9.59 Å². The topological polar surface area (TPSA) is 80.4 Å². The van der Waals surface area contributed by atoms with Crippen LogP contribution in [-0.4, -0.2) is 22.2 Å². The van der Waals surface area contributed by atoms with E-state index < -0.39 is 23.0 Å². The normalized spacial score (nSPS) is 14.8. The summed E-state index contributed by atoms with van der Waals surface area (Å²) in [5.74, 6) is -2.62. The number of hydrogen-bond donors (Lipinski definition) is 3. The van der Waals surface area contributed by atoms with Crippen molar-refractivity contribution in [2.24, 2.45) is 11.7 Å². The molecule has 0 fully saturated rings. The van der Waals surface area contributed by atoms with Crippen molar-refractivity contribution in [3.05, 3.63) is 12.7 Å². The van der Waals surface area contributed by atoms with Gasteiger partial charge in [0.05, 0.1) is 5.92 Å². The Morgan fingerprint density at radius 1 is 1.67 bits per heavy atom. The standard InChI is InChI=1S/C7H11NO3S/c1-2-5(12)4(7(10)11)3-6(8)9/h2,4-5,12H,1,3H2,(H2,8,9)(H,10,11). The van der Waals surface area contributed by atoms with Gasteiger partial charge in [0.1, 0.15) is 0 Å². The Bertz CT molecular complexity index is 205. The number of nitrogens with two attached hydrogens (primary N) is 1. The molecule has 5 heteroatoms. The zero-order chi connectivity index (χ0) is 9.72. The highest BCUT2D eigenvalue weighted by atomic mass is 32.1. The minimum absolute atomic E-state index is 0.213. The molecule has 0 bridgehead atoms. The van der Waals surface area contributed by atoms with E-state index in [1.165, 1.54) is 6.08 Å². The fraction of sp³-hybridized carbons (Fsp3) is 0.429. The van der Waals surface area contributed by atoms with Crippen molar-refractivity contribution in [2.45, 2.75) is 11.7 Å². The monoisotopic (exact) mass is 189 g/mol. The third kappa shape index (κ3) is 3.43. The van der Waals surface area contributed by atoms with Crippen molar-refractivity contribution in [3.63, 3.8) is 0 Å². The first-order chi connectivity index (χ1) is 5.49. The van der Waals surface area contributed by atoms with Crippen LogP contribution in [0.4, 0.5) is 0 Å². The number of thiol groups is 1. The third-order valence-electron chi connectivity index (χ3n) is 1.39. The lowest BCUT2D eigenvalue weighted by atomic mass is 10.0. The predicted octanol–water partition coefficient (Wildman–Crippen LogP) is 0.0470. The Kier molecular flexibility index (Phi) is 4.43. The Morgan fingerprint density at radius 2 is 2.17 bits per heavy atom. The van der Waals surface area contributed by atoms with Crippen molar-refractivity contribution < 1.29 is 14.7 Å². The van der Waals surface area contributed by atoms with Crippen LogP contribution in [-0.2, 0) is 9.59 Å². The van der Waals surface area contributed by atoms with Crippen LogP contribution in [0, 0.1) is 5.92 Å². The highest BCUT2D eigenvalue weighted by Gasteiger charge is 2.24. The summed E-state index contributed by atoms with van der Waals surface area (Å²) in [5.41, 5.74) is 4.85. The van der Waals surface area contributed by atoms with Gasteiger partial charge in [0.25, 0.3) is 0 Å². The molecule has 68 valence electrons. The van der Waals surface area contributed by atoms with Crippen LogP contribution in [0.2, 0.25) is 0 Å². The van der Waals surface area contributed by atoms with Crippen LogP contribution in [0.25, 0.3) is 0 Å². The van der Waals surface area contributed by atoms with E-state index in [1.807, 2.05) is 0 Å². The number of aliphatic carboxylic acids is 1. The number of hydrogen-bond acceptors (Lipinski definition) is 3. The zero-order valence-corrected chi connectivity index (χ0v) is 7.33. The van der Waals surface area contributed by atoms with Crippen molar-refractivity contribution in [1.29, 1.82) is 0 Å². The average molecular weight is 189 g/mol. The second kappa shape index (κ2) is 4.82. The minimum Gasteiger partial charge on any atom is -0.481 e. The molecule has 1 amide bonds. The average Bonchev–Trinajstić information content (AvgIpc) is 1.98. The van der Waals surface area contributed by atoms with E-state index in [0.29, 0.717) is 0 Å². The molecule has 3 N–H and O–H groups in total. The lowest BCUT2D eigenvalue weighted by molar-refractivity contribution is -0.143. The molecule has 0 rings (SSSR count). The van der Waals surface area contributed by atoms with Crippen molar-refractivity contribution in [2.75, 3.05) is 0 Å². The summed E-state index contributed by atoms with van der Waals surface area (Å²) in [5, 5.41) is 8.07. The fourth-order valence-electron chi connectivity index (χ4n) is 0.735. The van der Waals surface area contributed by atoms with Gasteiger partial charge < -0.3 is 10.8 Å². The van der Waals surface area contributed by atoms with Gasteiger partial charge in [-0.2, -0.15) is 12.6 Å². The maximum Gasteiger partial charge on any atom is 0.308 e. The first kappa shape index (κ1) is 11.0. The summed E-state index contributed by atoms with van der Waals surface area (Å²) in [6.07, 6.45) is 1.15. The largest absolute Gasteiger partial charge is 0.481 e. The molecule has 0 aliphatic heterocycles. The highest BCUT2D eigenvalue weighted by molar-refractivity contribution is 7.81. The Labute approximate surface area is 75.9 Å². The number of primary amides is 1. The van der Waals surface area contributed by atoms with Gasteiger partial charge in [-0.05, 0) is 0 Å². The summed E-state index contributed by atoms with van der Waals surface area (Å²) in [4.78, 5) is 21.0. The second-order valence-corrected chi connectivity index (χ2v) is 2.94. The first-order valence-electron chi connectivity index (χ1n) is 3.30. The number of carboxylic acids is 1. The Morgan fingerprint density at radius 3 is 2.42 bits per heavy atom. The Hall–Kier alpha value is -0.970. The van der Waals surface area contributed by atoms with Crippen LogP contribution in [0.1, 0.15) is 6.42 Å². The van der Waals surface area contributed by atoms with Gasteiger partial charge in [-0.25, -0.2) is 0 Å². The highest BCUT2D eigenvalue weighted by Crippen LogP contribution is 2.15. The van der Waals surface area contributed by atoms with Gasteiger partial charge in [-0.1, -0.05) is 6.08 Å². The first-order valence-corrected chi connectivity index (χ1v) is 3.82. The molecule has 0 spiro atoms. The van der Waals surface area contributed by atoms with Crippen molar-refractivity contribution in [3.8, 4) is 0 Å². The summed E-state index contributed by atoms with van der Waals surface area (Å²) in [6.45, 7) is 3.38. The van der Waals surface area contributed by atoms with E-state index >= 15 is 0 Å². The third-order valence-corrected chi connectivity index (χ3v) is 1.96. The lowest BCUT2D eigenvalue weighted by Crippen LogP contribution is -2.28. The van der Waals surface area contributed by atoms with Crippen LogP contribution in [0.15, 0.2) is 12.7 Å². The molecule has 2 unspecified atom stereocenters. The van der Waals surface area contributed by atoms with E-state index in [4.69, 9.17) is 10.8 Å². The molecule has 0 aromatic heterocycles. The summed E-state index contributed by atoms with van der Waals surface area (Å²) in [7, 11) is 0.